The molecule has 29 heavy (non-hydrogen) atoms. The minimum atomic E-state index is -0.897. The van der Waals surface area contributed by atoms with Gasteiger partial charge in [0, 0.05) is 0 Å². The highest BCUT2D eigenvalue weighted by Gasteiger charge is 2.56. The Morgan fingerprint density at radius 1 is 1.34 bits per heavy atom. The van der Waals surface area contributed by atoms with Crippen molar-refractivity contribution in [1.29, 1.82) is 0 Å². The Morgan fingerprint density at radius 2 is 2.10 bits per heavy atom. The fraction of sp³-hybridized carbons (Fsp3) is 0.524. The molecule has 4 rings (SSSR count). The van der Waals surface area contributed by atoms with Gasteiger partial charge < -0.3 is 10.6 Å². The maximum Gasteiger partial charge on any atom is 0.325 e. The number of aromatic nitrogens is 1. The molecular weight excluding hydrogens is 388 g/mol. The summed E-state index contributed by atoms with van der Waals surface area (Å²) in [4.78, 5) is 43.8. The molecule has 0 radical (unpaired) electrons. The van der Waals surface area contributed by atoms with Crippen LogP contribution in [0, 0.1) is 18.3 Å². The van der Waals surface area contributed by atoms with E-state index in [1.807, 2.05) is 25.1 Å². The van der Waals surface area contributed by atoms with E-state index in [0.717, 1.165) is 27.1 Å². The Labute approximate surface area is 173 Å². The molecule has 2 atom stereocenters. The van der Waals surface area contributed by atoms with Gasteiger partial charge in [-0.2, -0.15) is 0 Å². The molecule has 1 spiro atoms. The number of imide groups is 1. The Kier molecular flexibility index (Phi) is 4.64. The second-order valence-corrected chi connectivity index (χ2v) is 10.3. The maximum atomic E-state index is 13.1. The number of benzene rings is 1. The van der Waals surface area contributed by atoms with Crippen molar-refractivity contribution >= 4 is 44.5 Å². The number of nitrogens with one attached hydrogen (secondary N) is 2. The Balaban J connectivity index is 1.48. The molecule has 1 aliphatic heterocycles. The van der Waals surface area contributed by atoms with Gasteiger partial charge in [-0.25, -0.2) is 9.78 Å². The molecule has 8 heteroatoms. The van der Waals surface area contributed by atoms with Crippen molar-refractivity contribution in [3.05, 3.63) is 23.8 Å². The van der Waals surface area contributed by atoms with Gasteiger partial charge in [-0.3, -0.25) is 14.5 Å². The third-order valence-electron chi connectivity index (χ3n) is 5.79. The Hall–Kier alpha value is -2.48. The molecule has 2 aromatic rings. The molecule has 0 unspecified atom stereocenters. The highest BCUT2D eigenvalue weighted by atomic mass is 32.1. The molecule has 1 aromatic heterocycles. The molecule has 0 bridgehead atoms. The zero-order valence-electron chi connectivity index (χ0n) is 17.2. The first-order valence-electron chi connectivity index (χ1n) is 9.89. The maximum absolute atomic E-state index is 13.1. The van der Waals surface area contributed by atoms with Crippen LogP contribution in [0.5, 0.6) is 0 Å². The predicted molar refractivity (Wildman–Crippen MR) is 113 cm³/mol. The van der Waals surface area contributed by atoms with Gasteiger partial charge in [0.05, 0.1) is 10.2 Å². The summed E-state index contributed by atoms with van der Waals surface area (Å²) in [7, 11) is 0. The monoisotopic (exact) mass is 414 g/mol. The summed E-state index contributed by atoms with van der Waals surface area (Å²) < 4.78 is 0.979. The molecule has 1 saturated heterocycles. The first-order valence-corrected chi connectivity index (χ1v) is 10.7. The van der Waals surface area contributed by atoms with Crippen LogP contribution in [0.1, 0.15) is 45.6 Å². The van der Waals surface area contributed by atoms with Crippen molar-refractivity contribution in [3.8, 4) is 0 Å². The summed E-state index contributed by atoms with van der Waals surface area (Å²) in [5, 5.41) is 6.10. The Morgan fingerprint density at radius 3 is 2.79 bits per heavy atom. The minimum absolute atomic E-state index is 0.0439. The fourth-order valence-corrected chi connectivity index (χ4v) is 6.05. The SMILES string of the molecule is Cc1cccc2sc(NC(=O)CN3C(=O)N[C@]4(C[C@H](C)CC(C)(C)C4)C3=O)nc12. The van der Waals surface area contributed by atoms with Crippen LogP contribution in [-0.4, -0.2) is 39.8 Å². The molecule has 2 fully saturated rings. The Bertz CT molecular complexity index is 1010. The van der Waals surface area contributed by atoms with Gasteiger partial charge in [-0.05, 0) is 49.1 Å². The van der Waals surface area contributed by atoms with E-state index in [9.17, 15) is 14.4 Å². The van der Waals surface area contributed by atoms with Gasteiger partial charge in [-0.15, -0.1) is 0 Å². The molecule has 4 amide bonds. The molecule has 1 saturated carbocycles. The fourth-order valence-electron chi connectivity index (χ4n) is 5.09. The van der Waals surface area contributed by atoms with Gasteiger partial charge in [0.15, 0.2) is 5.13 Å². The van der Waals surface area contributed by atoms with Gasteiger partial charge in [-0.1, -0.05) is 44.2 Å². The van der Waals surface area contributed by atoms with Crippen molar-refractivity contribution in [2.45, 2.75) is 52.5 Å². The number of carbonyl (C=O) groups excluding carboxylic acids is 3. The van der Waals surface area contributed by atoms with E-state index in [4.69, 9.17) is 0 Å². The van der Waals surface area contributed by atoms with Crippen LogP contribution in [0.4, 0.5) is 9.93 Å². The van der Waals surface area contributed by atoms with Crippen LogP contribution < -0.4 is 10.6 Å². The minimum Gasteiger partial charge on any atom is -0.323 e. The largest absolute Gasteiger partial charge is 0.325 e. The normalized spacial score (nSPS) is 26.2. The molecular formula is C21H26N4O3S. The van der Waals surface area contributed by atoms with Crippen molar-refractivity contribution < 1.29 is 14.4 Å². The number of carbonyl (C=O) groups is 3. The van der Waals surface area contributed by atoms with Crippen molar-refractivity contribution in [2.75, 3.05) is 11.9 Å². The van der Waals surface area contributed by atoms with Gasteiger partial charge in [0.1, 0.15) is 12.1 Å². The molecule has 1 aromatic carbocycles. The van der Waals surface area contributed by atoms with E-state index in [2.05, 4.69) is 36.4 Å². The molecule has 154 valence electrons. The van der Waals surface area contributed by atoms with Crippen LogP contribution in [-0.2, 0) is 9.59 Å². The third kappa shape index (κ3) is 3.61. The quantitative estimate of drug-likeness (QED) is 0.750. The predicted octanol–water partition coefficient (Wildman–Crippen LogP) is 3.68. The second kappa shape index (κ2) is 6.79. The number of aryl methyl sites for hydroxylation is 1. The van der Waals surface area contributed by atoms with Gasteiger partial charge in [0.2, 0.25) is 5.91 Å². The summed E-state index contributed by atoms with van der Waals surface area (Å²) in [5.74, 6) is -0.398. The van der Waals surface area contributed by atoms with Crippen LogP contribution in [0.15, 0.2) is 18.2 Å². The summed E-state index contributed by atoms with van der Waals surface area (Å²) in [6.07, 6.45) is 2.20. The standard InChI is InChI=1S/C21H26N4O3S/c1-12-8-20(3,4)11-21(9-12)17(27)25(19(28)24-21)10-15(26)22-18-23-16-13(2)6-5-7-14(16)29-18/h5-7,12H,8-11H2,1-4H3,(H,24,28)(H,22,23,26)/t12-,21+/m1/s1. The van der Waals surface area contributed by atoms with E-state index in [1.165, 1.54) is 11.3 Å². The lowest BCUT2D eigenvalue weighted by Gasteiger charge is -2.43. The highest BCUT2D eigenvalue weighted by Crippen LogP contribution is 2.46. The number of fused-ring (bicyclic) bond motifs is 1. The lowest BCUT2D eigenvalue weighted by atomic mass is 9.64. The summed E-state index contributed by atoms with van der Waals surface area (Å²) in [6.45, 7) is 8.00. The first-order chi connectivity index (χ1) is 13.6. The number of amides is 4. The number of urea groups is 1. The first kappa shape index (κ1) is 19.8. The summed E-state index contributed by atoms with van der Waals surface area (Å²) in [6, 6.07) is 5.37. The molecule has 1 aliphatic carbocycles. The number of para-hydroxylation sites is 1. The van der Waals surface area contributed by atoms with Crippen LogP contribution in [0.2, 0.25) is 0 Å². The van der Waals surface area contributed by atoms with Crippen LogP contribution in [0.25, 0.3) is 10.2 Å². The van der Waals surface area contributed by atoms with Crippen molar-refractivity contribution in [2.24, 2.45) is 11.3 Å². The number of thiazole rings is 1. The average Bonchev–Trinajstić information content (AvgIpc) is 3.08. The van der Waals surface area contributed by atoms with E-state index in [1.54, 1.807) is 0 Å². The number of hydrogen-bond acceptors (Lipinski definition) is 5. The molecule has 2 heterocycles. The molecule has 7 nitrogen and oxygen atoms in total. The smallest absolute Gasteiger partial charge is 0.323 e. The van der Waals surface area contributed by atoms with Crippen LogP contribution >= 0.6 is 11.3 Å². The third-order valence-corrected chi connectivity index (χ3v) is 6.73. The second-order valence-electron chi connectivity index (χ2n) is 9.25. The van der Waals surface area contributed by atoms with E-state index in [-0.39, 0.29) is 17.9 Å². The average molecular weight is 415 g/mol. The number of rotatable bonds is 3. The highest BCUT2D eigenvalue weighted by molar-refractivity contribution is 7.22. The zero-order chi connectivity index (χ0) is 21.0. The summed E-state index contributed by atoms with van der Waals surface area (Å²) >= 11 is 1.37. The lowest BCUT2D eigenvalue weighted by Crippen LogP contribution is -2.54. The van der Waals surface area contributed by atoms with Gasteiger partial charge in [0.25, 0.3) is 5.91 Å². The van der Waals surface area contributed by atoms with Crippen molar-refractivity contribution in [1.82, 2.24) is 15.2 Å². The summed E-state index contributed by atoms with van der Waals surface area (Å²) in [5.41, 5.74) is 0.938. The molecule has 2 aliphatic rings. The van der Waals surface area contributed by atoms with Gasteiger partial charge >= 0.3 is 6.03 Å². The number of nitrogens with zero attached hydrogens (tertiary/aromatic N) is 2. The zero-order valence-corrected chi connectivity index (χ0v) is 18.0. The topological polar surface area (TPSA) is 91.4 Å². The lowest BCUT2D eigenvalue weighted by molar-refractivity contribution is -0.136. The number of anilines is 1. The van der Waals surface area contributed by atoms with Crippen molar-refractivity contribution in [3.63, 3.8) is 0 Å². The number of hydrogen-bond donors (Lipinski definition) is 2. The molecule has 2 N–H and O–H groups in total. The van der Waals surface area contributed by atoms with Crippen LogP contribution in [0.3, 0.4) is 0 Å². The van der Waals surface area contributed by atoms with E-state index in [0.29, 0.717) is 23.9 Å². The van der Waals surface area contributed by atoms with E-state index < -0.39 is 17.5 Å². The van der Waals surface area contributed by atoms with E-state index >= 15 is 0 Å².